The van der Waals surface area contributed by atoms with Gasteiger partial charge in [-0.15, -0.1) is 0 Å². The maximum absolute atomic E-state index is 13.2. The Bertz CT molecular complexity index is 1320. The van der Waals surface area contributed by atoms with Crippen LogP contribution in [-0.2, 0) is 4.79 Å². The number of nitrogens with zero attached hydrogens (tertiary/aromatic N) is 5. The average Bonchev–Trinajstić information content (AvgIpc) is 3.05. The van der Waals surface area contributed by atoms with Crippen LogP contribution in [0.5, 0.6) is 5.75 Å². The Morgan fingerprint density at radius 3 is 2.81 bits per heavy atom. The number of carbonyl (C=O) groups is 2. The normalized spacial score (nSPS) is 16.4. The number of hydrogen-bond donors (Lipinski definition) is 1. The van der Waals surface area contributed by atoms with E-state index in [1.807, 2.05) is 47.5 Å². The molecule has 1 aromatic carbocycles. The molecule has 4 rings (SSSR count). The van der Waals surface area contributed by atoms with E-state index in [-0.39, 0.29) is 17.9 Å². The molecule has 2 amide bonds. The number of benzene rings is 1. The van der Waals surface area contributed by atoms with E-state index in [2.05, 4.69) is 10.3 Å². The van der Waals surface area contributed by atoms with Crippen LogP contribution in [0.25, 0.3) is 11.0 Å². The van der Waals surface area contributed by atoms with E-state index in [1.165, 1.54) is 0 Å². The zero-order valence-electron chi connectivity index (χ0n) is 21.7. The van der Waals surface area contributed by atoms with Crippen molar-refractivity contribution in [1.82, 2.24) is 24.3 Å². The van der Waals surface area contributed by atoms with Crippen LogP contribution in [0.4, 0.5) is 5.95 Å². The van der Waals surface area contributed by atoms with Crippen molar-refractivity contribution in [1.29, 1.82) is 0 Å². The molecule has 196 valence electrons. The molecule has 1 N–H and O–H groups in total. The molecule has 1 fully saturated rings. The third-order valence-electron chi connectivity index (χ3n) is 6.41. The summed E-state index contributed by atoms with van der Waals surface area (Å²) in [5.41, 5.74) is 2.54. The first kappa shape index (κ1) is 26.6. The number of rotatable bonds is 7. The second-order valence-electron chi connectivity index (χ2n) is 9.49. The smallest absolute Gasteiger partial charge is 0.258 e. The molecule has 2 aromatic heterocycles. The highest BCUT2D eigenvalue weighted by Crippen LogP contribution is 2.38. The van der Waals surface area contributed by atoms with Gasteiger partial charge in [0.05, 0.1) is 24.2 Å². The molecule has 0 radical (unpaired) electrons. The highest BCUT2D eigenvalue weighted by molar-refractivity contribution is 6.36. The molecule has 0 bridgehead atoms. The number of amides is 2. The van der Waals surface area contributed by atoms with Crippen molar-refractivity contribution in [3.05, 3.63) is 58.9 Å². The van der Waals surface area contributed by atoms with Crippen molar-refractivity contribution in [2.75, 3.05) is 46.2 Å². The number of carbonyl (C=O) groups excluding carboxylic acids is 2. The third-order valence-corrected chi connectivity index (χ3v) is 6.78. The lowest BCUT2D eigenvalue weighted by molar-refractivity contribution is -0.126. The summed E-state index contributed by atoms with van der Waals surface area (Å²) in [6.07, 6.45) is 7.74. The van der Waals surface area contributed by atoms with E-state index in [0.29, 0.717) is 53.0 Å². The molecule has 0 spiro atoms. The van der Waals surface area contributed by atoms with Crippen LogP contribution in [0.2, 0.25) is 5.02 Å². The fourth-order valence-corrected chi connectivity index (χ4v) is 4.92. The molecule has 1 atom stereocenters. The number of likely N-dealkylation sites (tertiary alicyclic amines) is 1. The quantitative estimate of drug-likeness (QED) is 0.463. The van der Waals surface area contributed by atoms with Gasteiger partial charge in [0.1, 0.15) is 10.8 Å². The molecule has 9 nitrogen and oxygen atoms in total. The third kappa shape index (κ3) is 6.11. The lowest BCUT2D eigenvalue weighted by atomic mass is 10.1. The number of pyridine rings is 1. The molecule has 1 aliphatic heterocycles. The van der Waals surface area contributed by atoms with Gasteiger partial charge in [0.2, 0.25) is 11.9 Å². The maximum Gasteiger partial charge on any atom is 0.258 e. The number of aryl methyl sites for hydroxylation is 1. The number of methoxy groups -OCH3 is 1. The number of halogens is 1. The van der Waals surface area contributed by atoms with Crippen LogP contribution >= 0.6 is 11.6 Å². The maximum atomic E-state index is 13.2. The summed E-state index contributed by atoms with van der Waals surface area (Å²) in [6, 6.07) is 6.84. The minimum absolute atomic E-state index is 0.0281. The predicted molar refractivity (Wildman–Crippen MR) is 145 cm³/mol. The van der Waals surface area contributed by atoms with Gasteiger partial charge >= 0.3 is 0 Å². The Labute approximate surface area is 222 Å². The van der Waals surface area contributed by atoms with E-state index >= 15 is 0 Å². The summed E-state index contributed by atoms with van der Waals surface area (Å²) in [4.78, 5) is 39.0. The summed E-state index contributed by atoms with van der Waals surface area (Å²) in [6.45, 7) is 3.67. The van der Waals surface area contributed by atoms with Gasteiger partial charge in [-0.2, -0.15) is 0 Å². The number of likely N-dealkylation sites (N-methyl/N-ethyl adjacent to an activating group) is 1. The van der Waals surface area contributed by atoms with Crippen molar-refractivity contribution >= 4 is 40.4 Å². The molecular weight excluding hydrogens is 492 g/mol. The zero-order chi connectivity index (χ0) is 26.5. The first-order valence-corrected chi connectivity index (χ1v) is 12.7. The minimum Gasteiger partial charge on any atom is -0.495 e. The number of imidazole rings is 1. The first-order valence-electron chi connectivity index (χ1n) is 12.4. The molecule has 3 aromatic rings. The van der Waals surface area contributed by atoms with E-state index < -0.39 is 0 Å². The monoisotopic (exact) mass is 524 g/mol. The van der Waals surface area contributed by atoms with E-state index in [0.717, 1.165) is 25.0 Å². The fourth-order valence-electron chi connectivity index (χ4n) is 4.59. The summed E-state index contributed by atoms with van der Waals surface area (Å²) in [5, 5.41) is 3.40. The van der Waals surface area contributed by atoms with E-state index in [9.17, 15) is 9.59 Å². The van der Waals surface area contributed by atoms with Crippen LogP contribution < -0.4 is 10.1 Å². The van der Waals surface area contributed by atoms with E-state index in [4.69, 9.17) is 21.3 Å². The van der Waals surface area contributed by atoms with E-state index in [1.54, 1.807) is 37.6 Å². The van der Waals surface area contributed by atoms with Crippen LogP contribution in [0.3, 0.4) is 0 Å². The molecular formula is C27H33ClN6O3. The Hall–Kier alpha value is -3.43. The average molecular weight is 525 g/mol. The number of hydrogen-bond acceptors (Lipinski definition) is 6. The summed E-state index contributed by atoms with van der Waals surface area (Å²) in [5.74, 6) is 0.580. The molecule has 1 saturated heterocycles. The number of aromatic nitrogens is 3. The lowest BCUT2D eigenvalue weighted by Gasteiger charge is -2.26. The molecule has 1 aliphatic rings. The highest BCUT2D eigenvalue weighted by Gasteiger charge is 2.28. The number of ether oxygens (including phenoxy) is 1. The molecule has 10 heteroatoms. The largest absolute Gasteiger partial charge is 0.495 e. The molecule has 37 heavy (non-hydrogen) atoms. The Morgan fingerprint density at radius 2 is 2.08 bits per heavy atom. The van der Waals surface area contributed by atoms with Gasteiger partial charge < -0.3 is 19.1 Å². The topological polar surface area (TPSA) is 92.6 Å². The Morgan fingerprint density at radius 1 is 1.27 bits per heavy atom. The number of anilines is 1. The fraction of sp³-hybridized carbons (Fsp3) is 0.407. The van der Waals surface area contributed by atoms with Crippen molar-refractivity contribution in [3.8, 4) is 5.75 Å². The van der Waals surface area contributed by atoms with Crippen LogP contribution in [0.15, 0.2) is 42.6 Å². The summed E-state index contributed by atoms with van der Waals surface area (Å²) < 4.78 is 7.43. The summed E-state index contributed by atoms with van der Waals surface area (Å²) in [7, 11) is 5.48. The van der Waals surface area contributed by atoms with Crippen LogP contribution in [0.1, 0.15) is 41.4 Å². The highest BCUT2D eigenvalue weighted by atomic mass is 35.5. The second-order valence-corrected chi connectivity index (χ2v) is 9.87. The molecule has 0 aliphatic carbocycles. The molecule has 0 saturated carbocycles. The van der Waals surface area contributed by atoms with Crippen molar-refractivity contribution in [3.63, 3.8) is 0 Å². The van der Waals surface area contributed by atoms with Crippen molar-refractivity contribution in [2.24, 2.45) is 0 Å². The van der Waals surface area contributed by atoms with Crippen LogP contribution in [0, 0.1) is 6.92 Å². The van der Waals surface area contributed by atoms with Gasteiger partial charge in [0.25, 0.3) is 5.91 Å². The van der Waals surface area contributed by atoms with Gasteiger partial charge in [-0.1, -0.05) is 17.7 Å². The Kier molecular flexibility index (Phi) is 8.45. The number of fused-ring (bicyclic) bond motifs is 1. The minimum atomic E-state index is -0.293. The lowest BCUT2D eigenvalue weighted by Crippen LogP contribution is -2.34. The van der Waals surface area contributed by atoms with Crippen molar-refractivity contribution < 1.29 is 14.3 Å². The molecule has 3 heterocycles. The first-order chi connectivity index (χ1) is 17.8. The second kappa shape index (κ2) is 11.7. The van der Waals surface area contributed by atoms with Gasteiger partial charge in [0, 0.05) is 43.2 Å². The predicted octanol–water partition coefficient (Wildman–Crippen LogP) is 4.33. The Balaban J connectivity index is 1.73. The SMILES string of the molecule is COc1ccc2nc(NC(=O)c3ccnc(C)c3)n(C3CCCCN(C(=O)C=CCN(C)C)C3)c2c1Cl. The van der Waals surface area contributed by atoms with Gasteiger partial charge in [-0.25, -0.2) is 4.98 Å². The zero-order valence-corrected chi connectivity index (χ0v) is 22.5. The van der Waals surface area contributed by atoms with Gasteiger partial charge in [0.15, 0.2) is 0 Å². The standard InChI is InChI=1S/C27H33ClN6O3/c1-18-16-19(12-13-29-18)26(36)31-27-30-21-10-11-22(37-4)24(28)25(21)34(27)20-8-5-6-15-33(17-20)23(35)9-7-14-32(2)3/h7,9-13,16,20H,5-6,8,14-15,17H2,1-4H3,(H,30,31,36). The molecule has 1 unspecified atom stereocenters. The van der Waals surface area contributed by atoms with Crippen LogP contribution in [-0.4, -0.2) is 77.0 Å². The van der Waals surface area contributed by atoms with Gasteiger partial charge in [-0.3, -0.25) is 19.9 Å². The van der Waals surface area contributed by atoms with Gasteiger partial charge in [-0.05, 0) is 64.5 Å². The number of nitrogens with one attached hydrogen (secondary N) is 1. The van der Waals surface area contributed by atoms with Crippen molar-refractivity contribution in [2.45, 2.75) is 32.2 Å². The summed E-state index contributed by atoms with van der Waals surface area (Å²) >= 11 is 6.79.